The summed E-state index contributed by atoms with van der Waals surface area (Å²) in [5.41, 5.74) is 3.16. The summed E-state index contributed by atoms with van der Waals surface area (Å²) in [5.74, 6) is 1.94. The van der Waals surface area contributed by atoms with Gasteiger partial charge in [0, 0.05) is 40.3 Å². The summed E-state index contributed by atoms with van der Waals surface area (Å²) in [5, 5.41) is 18.5. The van der Waals surface area contributed by atoms with E-state index in [0.717, 1.165) is 16.8 Å². The van der Waals surface area contributed by atoms with Crippen LogP contribution in [0.25, 0.3) is 0 Å². The first-order valence-electron chi connectivity index (χ1n) is 10.3. The average molecular weight is 466 g/mol. The lowest BCUT2D eigenvalue weighted by Crippen LogP contribution is -2.33. The number of ether oxygens (including phenoxy) is 3. The Kier molecular flexibility index (Phi) is 5.30. The van der Waals surface area contributed by atoms with Crippen molar-refractivity contribution in [2.75, 3.05) is 14.2 Å². The van der Waals surface area contributed by atoms with E-state index in [1.165, 1.54) is 18.2 Å². The van der Waals surface area contributed by atoms with E-state index in [9.17, 15) is 10.1 Å². The average Bonchev–Trinajstić information content (AvgIpc) is 3.29. The Hall–Kier alpha value is -3.78. The number of hydrazone groups is 1. The number of fused-ring (bicyclic) bond motifs is 3. The molecule has 3 aromatic carbocycles. The number of rotatable bonds is 5. The van der Waals surface area contributed by atoms with Crippen LogP contribution in [0, 0.1) is 10.1 Å². The molecule has 0 bridgehead atoms. The molecule has 0 spiro atoms. The van der Waals surface area contributed by atoms with E-state index in [1.807, 2.05) is 47.5 Å². The minimum absolute atomic E-state index is 0.0586. The van der Waals surface area contributed by atoms with Crippen molar-refractivity contribution in [2.24, 2.45) is 5.10 Å². The highest BCUT2D eigenvalue weighted by Crippen LogP contribution is 2.49. The van der Waals surface area contributed by atoms with Crippen molar-refractivity contribution in [3.63, 3.8) is 0 Å². The predicted molar refractivity (Wildman–Crippen MR) is 123 cm³/mol. The predicted octanol–water partition coefficient (Wildman–Crippen LogP) is 5.51. The molecule has 0 aliphatic carbocycles. The Morgan fingerprint density at radius 2 is 1.85 bits per heavy atom. The van der Waals surface area contributed by atoms with Gasteiger partial charge in [0.25, 0.3) is 5.69 Å². The van der Waals surface area contributed by atoms with Crippen LogP contribution in [0.5, 0.6) is 17.2 Å². The van der Waals surface area contributed by atoms with Crippen LogP contribution in [0.3, 0.4) is 0 Å². The molecule has 5 rings (SSSR count). The van der Waals surface area contributed by atoms with Crippen molar-refractivity contribution in [3.05, 3.63) is 92.5 Å². The number of nitrogens with zero attached hydrogens (tertiary/aromatic N) is 3. The third-order valence-corrected chi connectivity index (χ3v) is 6.22. The molecule has 0 saturated heterocycles. The van der Waals surface area contributed by atoms with E-state index in [0.29, 0.717) is 34.3 Å². The van der Waals surface area contributed by atoms with Crippen LogP contribution in [0.4, 0.5) is 5.69 Å². The summed E-state index contributed by atoms with van der Waals surface area (Å²) < 4.78 is 17.1. The van der Waals surface area contributed by atoms with Crippen molar-refractivity contribution < 1.29 is 19.1 Å². The summed E-state index contributed by atoms with van der Waals surface area (Å²) in [6.45, 7) is 0. The van der Waals surface area contributed by atoms with Gasteiger partial charge < -0.3 is 14.2 Å². The van der Waals surface area contributed by atoms with Crippen molar-refractivity contribution in [3.8, 4) is 17.2 Å². The first kappa shape index (κ1) is 21.1. The van der Waals surface area contributed by atoms with E-state index in [-0.39, 0.29) is 11.7 Å². The molecule has 0 N–H and O–H groups in total. The van der Waals surface area contributed by atoms with E-state index < -0.39 is 11.2 Å². The molecular formula is C24H20ClN3O5. The van der Waals surface area contributed by atoms with Crippen molar-refractivity contribution in [1.29, 1.82) is 0 Å². The fourth-order valence-corrected chi connectivity index (χ4v) is 4.47. The number of hydrogen-bond acceptors (Lipinski definition) is 7. The number of benzene rings is 3. The van der Waals surface area contributed by atoms with Crippen LogP contribution in [0.1, 0.15) is 35.4 Å². The van der Waals surface area contributed by atoms with Gasteiger partial charge in [-0.15, -0.1) is 0 Å². The number of halogens is 1. The zero-order valence-electron chi connectivity index (χ0n) is 17.9. The Bertz CT molecular complexity index is 1280. The van der Waals surface area contributed by atoms with Crippen LogP contribution < -0.4 is 14.2 Å². The fourth-order valence-electron chi connectivity index (χ4n) is 4.26. The molecule has 2 aliphatic rings. The summed E-state index contributed by atoms with van der Waals surface area (Å²) in [6.07, 6.45) is -0.0891. The quantitative estimate of drug-likeness (QED) is 0.365. The molecule has 3 aromatic rings. The van der Waals surface area contributed by atoms with Crippen LogP contribution >= 0.6 is 11.6 Å². The van der Waals surface area contributed by atoms with Crippen LogP contribution in [0.2, 0.25) is 5.02 Å². The second kappa shape index (κ2) is 8.29. The van der Waals surface area contributed by atoms with E-state index in [2.05, 4.69) is 0 Å². The molecule has 168 valence electrons. The second-order valence-electron chi connectivity index (χ2n) is 7.69. The molecule has 0 saturated carbocycles. The monoisotopic (exact) mass is 465 g/mol. The Labute approximate surface area is 195 Å². The highest BCUT2D eigenvalue weighted by atomic mass is 35.5. The number of hydrogen-bond donors (Lipinski definition) is 0. The first-order valence-corrected chi connectivity index (χ1v) is 10.7. The maximum absolute atomic E-state index is 11.4. The molecule has 0 fully saturated rings. The van der Waals surface area contributed by atoms with Gasteiger partial charge >= 0.3 is 0 Å². The van der Waals surface area contributed by atoms with Gasteiger partial charge in [-0.2, -0.15) is 5.10 Å². The van der Waals surface area contributed by atoms with Gasteiger partial charge in [-0.3, -0.25) is 10.1 Å². The lowest BCUT2D eigenvalue weighted by atomic mass is 9.95. The third-order valence-electron chi connectivity index (χ3n) is 5.87. The molecule has 2 heterocycles. The molecule has 0 aromatic heterocycles. The summed E-state index contributed by atoms with van der Waals surface area (Å²) >= 11 is 6.47. The SMILES string of the molecule is COc1ccc(C2=NN3[C@@H](c4cc([N+](=O)[O-])ccc4Cl)Oc4ccccc4[C@@H]3C2)cc1OC. The molecule has 0 amide bonds. The molecule has 2 aliphatic heterocycles. The van der Waals surface area contributed by atoms with Gasteiger partial charge in [0.15, 0.2) is 11.5 Å². The molecular weight excluding hydrogens is 446 g/mol. The summed E-state index contributed by atoms with van der Waals surface area (Å²) in [4.78, 5) is 10.9. The standard InChI is InChI=1S/C24H20ClN3O5/c1-31-22-10-7-14(11-23(22)32-2)19-13-20-16-5-3-4-6-21(16)33-24(27(20)26-19)17-12-15(28(29)30)8-9-18(17)25/h3-12,20,24H,13H2,1-2H3/t20-,24+/m0/s1. The first-order chi connectivity index (χ1) is 16.0. The van der Waals surface area contributed by atoms with Gasteiger partial charge in [0.2, 0.25) is 6.23 Å². The largest absolute Gasteiger partial charge is 0.493 e. The van der Waals surface area contributed by atoms with Crippen molar-refractivity contribution >= 4 is 23.0 Å². The lowest BCUT2D eigenvalue weighted by molar-refractivity contribution is -0.385. The van der Waals surface area contributed by atoms with Gasteiger partial charge in [-0.1, -0.05) is 29.8 Å². The van der Waals surface area contributed by atoms with Gasteiger partial charge in [-0.25, -0.2) is 5.01 Å². The Balaban J connectivity index is 1.61. The van der Waals surface area contributed by atoms with Crippen LogP contribution in [0.15, 0.2) is 65.8 Å². The normalized spacial score (nSPS) is 18.6. The minimum atomic E-state index is -0.713. The fraction of sp³-hybridized carbons (Fsp3) is 0.208. The maximum Gasteiger partial charge on any atom is 0.270 e. The molecule has 0 radical (unpaired) electrons. The van der Waals surface area contributed by atoms with Gasteiger partial charge in [0.1, 0.15) is 5.75 Å². The minimum Gasteiger partial charge on any atom is -0.493 e. The van der Waals surface area contributed by atoms with Gasteiger partial charge in [0.05, 0.1) is 30.9 Å². The van der Waals surface area contributed by atoms with Crippen LogP contribution in [-0.4, -0.2) is 29.9 Å². The van der Waals surface area contributed by atoms with E-state index in [1.54, 1.807) is 14.2 Å². The maximum atomic E-state index is 11.4. The number of methoxy groups -OCH3 is 2. The Morgan fingerprint density at radius 3 is 2.61 bits per heavy atom. The van der Waals surface area contributed by atoms with Crippen LogP contribution in [-0.2, 0) is 0 Å². The lowest BCUT2D eigenvalue weighted by Gasteiger charge is -2.38. The number of nitro benzene ring substituents is 1. The van der Waals surface area contributed by atoms with E-state index in [4.69, 9.17) is 30.9 Å². The zero-order chi connectivity index (χ0) is 23.1. The highest BCUT2D eigenvalue weighted by molar-refractivity contribution is 6.31. The van der Waals surface area contributed by atoms with Crippen molar-refractivity contribution in [2.45, 2.75) is 18.7 Å². The second-order valence-corrected chi connectivity index (χ2v) is 8.09. The molecule has 0 unspecified atom stereocenters. The summed E-state index contributed by atoms with van der Waals surface area (Å²) in [7, 11) is 3.18. The number of para-hydroxylation sites is 1. The number of non-ortho nitro benzene ring substituents is 1. The zero-order valence-corrected chi connectivity index (χ0v) is 18.7. The smallest absolute Gasteiger partial charge is 0.270 e. The molecule has 33 heavy (non-hydrogen) atoms. The number of nitro groups is 1. The highest BCUT2D eigenvalue weighted by Gasteiger charge is 2.42. The molecule has 8 nitrogen and oxygen atoms in total. The summed E-state index contributed by atoms with van der Waals surface area (Å²) in [6, 6.07) is 17.6. The van der Waals surface area contributed by atoms with Gasteiger partial charge in [-0.05, 0) is 30.3 Å². The van der Waals surface area contributed by atoms with Crippen molar-refractivity contribution in [1.82, 2.24) is 5.01 Å². The topological polar surface area (TPSA) is 86.4 Å². The molecule has 9 heteroatoms. The molecule has 2 atom stereocenters. The third kappa shape index (κ3) is 3.62. The Morgan fingerprint density at radius 1 is 1.06 bits per heavy atom. The van der Waals surface area contributed by atoms with E-state index >= 15 is 0 Å².